The van der Waals surface area contributed by atoms with Gasteiger partial charge in [-0.25, -0.2) is 0 Å². The van der Waals surface area contributed by atoms with Crippen LogP contribution in [0.25, 0.3) is 0 Å². The lowest BCUT2D eigenvalue weighted by molar-refractivity contribution is -0.0761. The number of nitrogens with zero attached hydrogens (tertiary/aromatic N) is 3. The maximum Gasteiger partial charge on any atom is 0.258 e. The van der Waals surface area contributed by atoms with Crippen molar-refractivity contribution in [2.45, 2.75) is 88.6 Å². The number of aromatic hydroxyl groups is 1. The van der Waals surface area contributed by atoms with Crippen LogP contribution in [0.15, 0.2) is 66.7 Å². The van der Waals surface area contributed by atoms with Crippen molar-refractivity contribution in [1.29, 1.82) is 5.26 Å². The van der Waals surface area contributed by atoms with Crippen molar-refractivity contribution in [3.05, 3.63) is 100 Å². The number of likely N-dealkylation sites (N-methyl/N-ethyl adjacent to an activating group) is 1. The van der Waals surface area contributed by atoms with Crippen LogP contribution in [0.1, 0.15) is 72.2 Å². The van der Waals surface area contributed by atoms with Crippen molar-refractivity contribution >= 4 is 18.7 Å². The molecule has 10 nitrogen and oxygen atoms in total. The molecular weight excluding hydrogens is 711 g/mol. The monoisotopic (exact) mass is 761 g/mol. The Morgan fingerprint density at radius 3 is 2.20 bits per heavy atom. The predicted molar refractivity (Wildman–Crippen MR) is 212 cm³/mol. The van der Waals surface area contributed by atoms with Crippen molar-refractivity contribution < 1.29 is 33.6 Å². The molecule has 0 aromatic heterocycles. The van der Waals surface area contributed by atoms with Gasteiger partial charge >= 0.3 is 0 Å². The average molecular weight is 762 g/mol. The predicted octanol–water partition coefficient (Wildman–Crippen LogP) is 5.81. The number of phenolic OH excluding ortho intramolecular Hbond substituents is 1. The highest BCUT2D eigenvalue weighted by atomic mass is 28.4. The van der Waals surface area contributed by atoms with Crippen molar-refractivity contribution in [3.63, 3.8) is 0 Å². The molecule has 5 atom stereocenters. The highest BCUT2D eigenvalue weighted by Gasteiger charge is 2.58. The molecule has 11 heteroatoms. The van der Waals surface area contributed by atoms with Gasteiger partial charge in [0.25, 0.3) is 8.32 Å². The van der Waals surface area contributed by atoms with Crippen LogP contribution < -0.4 is 29.3 Å². The fourth-order valence-corrected chi connectivity index (χ4v) is 14.1. The lowest BCUT2D eigenvalue weighted by Crippen LogP contribution is -2.68. The lowest BCUT2D eigenvalue weighted by Gasteiger charge is -2.60. The summed E-state index contributed by atoms with van der Waals surface area (Å²) in [5.41, 5.74) is 5.47. The molecule has 2 bridgehead atoms. The summed E-state index contributed by atoms with van der Waals surface area (Å²) in [5.74, 6) is 2.73. The zero-order chi connectivity index (χ0) is 38.8. The molecular formula is C44H51N3O7Si. The summed E-state index contributed by atoms with van der Waals surface area (Å²) < 4.78 is 30.1. The van der Waals surface area contributed by atoms with Crippen LogP contribution in [0, 0.1) is 25.2 Å². The number of phenols is 1. The van der Waals surface area contributed by atoms with E-state index in [2.05, 4.69) is 67.1 Å². The van der Waals surface area contributed by atoms with E-state index in [1.54, 1.807) is 14.2 Å². The molecule has 0 radical (unpaired) electrons. The highest BCUT2D eigenvalue weighted by Crippen LogP contribution is 2.60. The molecule has 2 N–H and O–H groups in total. The lowest BCUT2D eigenvalue weighted by atomic mass is 9.71. The van der Waals surface area contributed by atoms with E-state index in [0.717, 1.165) is 38.2 Å². The van der Waals surface area contributed by atoms with Crippen molar-refractivity contribution in [2.75, 3.05) is 34.9 Å². The van der Waals surface area contributed by atoms with Gasteiger partial charge < -0.3 is 33.6 Å². The minimum absolute atomic E-state index is 0.0565. The Balaban J connectivity index is 1.30. The van der Waals surface area contributed by atoms with E-state index in [1.165, 1.54) is 0 Å². The topological polar surface area (TPSA) is 117 Å². The number of hydrogen-bond acceptors (Lipinski definition) is 10. The first-order valence-corrected chi connectivity index (χ1v) is 21.1. The first kappa shape index (κ1) is 37.4. The van der Waals surface area contributed by atoms with Gasteiger partial charge in [0.05, 0.1) is 19.2 Å². The van der Waals surface area contributed by atoms with E-state index in [4.69, 9.17) is 23.7 Å². The average Bonchev–Trinajstić information content (AvgIpc) is 3.69. The SMILES string of the molecule is COCOc1c(OC)c(C)cc2c1[C@@H]1C3Cc4c(O)c(C)c5c(c4[C@H](CCC(C)(C)[Si](O)(c4ccccc4)c4ccccc4)N3[C@@H](C#N)[C@H](C2)N1C)OCO5. The van der Waals surface area contributed by atoms with Crippen LogP contribution >= 0.6 is 0 Å². The Morgan fingerprint density at radius 1 is 0.927 bits per heavy atom. The molecule has 4 heterocycles. The molecule has 1 unspecified atom stereocenters. The number of benzene rings is 4. The first-order valence-electron chi connectivity index (χ1n) is 19.2. The summed E-state index contributed by atoms with van der Waals surface area (Å²) in [6, 6.07) is 23.8. The molecule has 1 saturated heterocycles. The standard InChI is InChI=1S/C44H51N3O7Si/c1-26-20-28-21-33-35(23-45)47-32(18-19-44(3,4)55(49,29-14-10-8-11-15-29)30-16-12-9-13-17-30)37-31(39(48)27(2)41-43(37)54-25-53-41)22-34(47)38(46(33)5)36(28)42(40(26)51-7)52-24-50-6/h8-17,20,32-35,38,48-49H,18-19,21-22,24-25H2,1-7H3/t32-,33-,34?,35-,38-/m0/s1. The smallest absolute Gasteiger partial charge is 0.258 e. The Bertz CT molecular complexity index is 2100. The Morgan fingerprint density at radius 2 is 1.58 bits per heavy atom. The van der Waals surface area contributed by atoms with E-state index in [-0.39, 0.29) is 43.5 Å². The first-order chi connectivity index (χ1) is 26.5. The normalized spacial score (nSPS) is 23.0. The number of ether oxygens (including phenoxy) is 5. The largest absolute Gasteiger partial charge is 0.507 e. The summed E-state index contributed by atoms with van der Waals surface area (Å²) in [6.45, 7) is 8.38. The molecule has 0 saturated carbocycles. The molecule has 4 aliphatic rings. The minimum atomic E-state index is -3.37. The van der Waals surface area contributed by atoms with Gasteiger partial charge in [-0.1, -0.05) is 80.6 Å². The van der Waals surface area contributed by atoms with E-state index >= 15 is 0 Å². The maximum atomic E-state index is 13.2. The van der Waals surface area contributed by atoms with Crippen molar-refractivity contribution in [1.82, 2.24) is 9.80 Å². The third-order valence-electron chi connectivity index (χ3n) is 13.0. The van der Waals surface area contributed by atoms with Gasteiger partial charge in [-0.05, 0) is 73.1 Å². The van der Waals surface area contributed by atoms with Gasteiger partial charge in [-0.3, -0.25) is 9.80 Å². The van der Waals surface area contributed by atoms with Crippen molar-refractivity contribution in [2.24, 2.45) is 0 Å². The molecule has 4 aliphatic heterocycles. The van der Waals surface area contributed by atoms with Crippen LogP contribution in [0.2, 0.25) is 5.04 Å². The molecule has 1 fully saturated rings. The number of rotatable bonds is 10. The minimum Gasteiger partial charge on any atom is -0.507 e. The summed E-state index contributed by atoms with van der Waals surface area (Å²) in [5, 5.41) is 24.6. The van der Waals surface area contributed by atoms with Gasteiger partial charge in [-0.2, -0.15) is 5.26 Å². The highest BCUT2D eigenvalue weighted by molar-refractivity contribution is 6.98. The molecule has 4 aromatic carbocycles. The van der Waals surface area contributed by atoms with Gasteiger partial charge in [-0.15, -0.1) is 0 Å². The van der Waals surface area contributed by atoms with Crippen LogP contribution in [-0.2, 0) is 17.6 Å². The van der Waals surface area contributed by atoms with Crippen LogP contribution in [-0.4, -0.2) is 81.0 Å². The van der Waals surface area contributed by atoms with Crippen LogP contribution in [0.3, 0.4) is 0 Å². The number of piperazine rings is 1. The fraction of sp³-hybridized carbons (Fsp3) is 0.432. The molecule has 4 aromatic rings. The van der Waals surface area contributed by atoms with Gasteiger partial charge in [0.1, 0.15) is 11.8 Å². The van der Waals surface area contributed by atoms with E-state index in [9.17, 15) is 15.2 Å². The van der Waals surface area contributed by atoms with Gasteiger partial charge in [0.15, 0.2) is 29.8 Å². The zero-order valence-corrected chi connectivity index (χ0v) is 33.8. The molecule has 8 rings (SSSR count). The summed E-state index contributed by atoms with van der Waals surface area (Å²) in [4.78, 5) is 17.9. The molecule has 55 heavy (non-hydrogen) atoms. The Kier molecular flexibility index (Phi) is 9.63. The number of fused-ring (bicyclic) bond motifs is 9. The maximum absolute atomic E-state index is 13.2. The number of methoxy groups -OCH3 is 2. The molecule has 0 amide bonds. The zero-order valence-electron chi connectivity index (χ0n) is 32.8. The quantitative estimate of drug-likeness (QED) is 0.152. The molecule has 0 spiro atoms. The van der Waals surface area contributed by atoms with Crippen LogP contribution in [0.5, 0.6) is 28.7 Å². The number of hydrogen-bond donors (Lipinski definition) is 2. The summed E-state index contributed by atoms with van der Waals surface area (Å²) in [7, 11) is 2.01. The number of nitriles is 1. The van der Waals surface area contributed by atoms with E-state index in [0.29, 0.717) is 54.2 Å². The summed E-state index contributed by atoms with van der Waals surface area (Å²) >= 11 is 0. The van der Waals surface area contributed by atoms with E-state index in [1.807, 2.05) is 50.2 Å². The Hall–Kier alpha value is -4.57. The second-order valence-corrected chi connectivity index (χ2v) is 20.1. The third kappa shape index (κ3) is 5.64. The van der Waals surface area contributed by atoms with Crippen molar-refractivity contribution in [3.8, 4) is 34.8 Å². The molecule has 288 valence electrons. The Labute approximate surface area is 324 Å². The van der Waals surface area contributed by atoms with Crippen LogP contribution in [0.4, 0.5) is 0 Å². The second-order valence-electron chi connectivity index (χ2n) is 16.2. The van der Waals surface area contributed by atoms with Gasteiger partial charge in [0.2, 0.25) is 6.79 Å². The van der Waals surface area contributed by atoms with E-state index < -0.39 is 19.4 Å². The number of aryl methyl sites for hydroxylation is 1. The second kappa shape index (κ2) is 14.2. The summed E-state index contributed by atoms with van der Waals surface area (Å²) in [6.07, 6.45) is 2.35. The molecule has 0 aliphatic carbocycles. The fourth-order valence-electron chi connectivity index (χ4n) is 10.4. The van der Waals surface area contributed by atoms with Gasteiger partial charge in [0, 0.05) is 47.5 Å². The third-order valence-corrected chi connectivity index (χ3v) is 17.5.